The lowest BCUT2D eigenvalue weighted by atomic mass is 10.0. The van der Waals surface area contributed by atoms with E-state index < -0.39 is 24.1 Å². The predicted molar refractivity (Wildman–Crippen MR) is 51.9 cm³/mol. The van der Waals surface area contributed by atoms with E-state index >= 15 is 0 Å². The first kappa shape index (κ1) is 9.67. The van der Waals surface area contributed by atoms with Gasteiger partial charge < -0.3 is 10.4 Å². The molecule has 2 rings (SSSR count). The fourth-order valence-electron chi connectivity index (χ4n) is 1.50. The molecule has 78 valence electrons. The zero-order valence-corrected chi connectivity index (χ0v) is 7.81. The van der Waals surface area contributed by atoms with Gasteiger partial charge in [-0.15, -0.1) is 0 Å². The average molecular weight is 206 g/mol. The van der Waals surface area contributed by atoms with Gasteiger partial charge in [0, 0.05) is 0 Å². The second-order valence-electron chi connectivity index (χ2n) is 3.30. The Bertz CT molecular complexity index is 391. The first-order valence-corrected chi connectivity index (χ1v) is 4.53. The molecule has 1 aliphatic heterocycles. The molecule has 1 aliphatic rings. The number of nitrogens with one attached hydrogen (secondary N) is 2. The van der Waals surface area contributed by atoms with E-state index in [1.54, 1.807) is 24.3 Å². The van der Waals surface area contributed by atoms with E-state index in [9.17, 15) is 14.7 Å². The van der Waals surface area contributed by atoms with Crippen molar-refractivity contribution < 1.29 is 14.7 Å². The predicted octanol–water partition coefficient (Wildman–Crippen LogP) is -0.0720. The maximum absolute atomic E-state index is 11.2. The normalized spacial score (nSPS) is 22.1. The molecular formula is C10H10N2O3. The fourth-order valence-corrected chi connectivity index (χ4v) is 1.50. The van der Waals surface area contributed by atoms with E-state index in [0.29, 0.717) is 5.56 Å². The van der Waals surface area contributed by atoms with Crippen LogP contribution in [0.15, 0.2) is 30.3 Å². The van der Waals surface area contributed by atoms with Crippen LogP contribution < -0.4 is 10.6 Å². The molecule has 1 saturated heterocycles. The number of amides is 3. The van der Waals surface area contributed by atoms with Gasteiger partial charge in [-0.05, 0) is 5.56 Å². The van der Waals surface area contributed by atoms with Crippen molar-refractivity contribution in [3.63, 3.8) is 0 Å². The van der Waals surface area contributed by atoms with Crippen molar-refractivity contribution in [3.05, 3.63) is 35.9 Å². The summed E-state index contributed by atoms with van der Waals surface area (Å²) in [6, 6.07) is 7.24. The summed E-state index contributed by atoms with van der Waals surface area (Å²) >= 11 is 0. The van der Waals surface area contributed by atoms with Crippen LogP contribution in [0.3, 0.4) is 0 Å². The summed E-state index contributed by atoms with van der Waals surface area (Å²) in [6.45, 7) is 0. The number of hydrogen-bond donors (Lipinski definition) is 3. The number of carbonyl (C=O) groups is 2. The second-order valence-corrected chi connectivity index (χ2v) is 3.30. The van der Waals surface area contributed by atoms with E-state index in [1.165, 1.54) is 0 Å². The summed E-state index contributed by atoms with van der Waals surface area (Å²) in [5, 5.41) is 14.3. The van der Waals surface area contributed by atoms with Crippen LogP contribution in [-0.2, 0) is 4.79 Å². The molecule has 0 spiro atoms. The van der Waals surface area contributed by atoms with Gasteiger partial charge in [-0.25, -0.2) is 4.79 Å². The third kappa shape index (κ3) is 1.82. The first-order valence-electron chi connectivity index (χ1n) is 4.53. The molecule has 0 aromatic heterocycles. The highest BCUT2D eigenvalue weighted by atomic mass is 16.3. The topological polar surface area (TPSA) is 78.4 Å². The molecule has 0 aliphatic carbocycles. The summed E-state index contributed by atoms with van der Waals surface area (Å²) in [6.07, 6.45) is -1.02. The molecule has 0 bridgehead atoms. The Morgan fingerprint density at radius 3 is 2.40 bits per heavy atom. The van der Waals surface area contributed by atoms with Crippen molar-refractivity contribution in [1.29, 1.82) is 0 Å². The number of benzene rings is 1. The molecule has 1 heterocycles. The van der Waals surface area contributed by atoms with Crippen molar-refractivity contribution >= 4 is 11.9 Å². The molecule has 1 fully saturated rings. The van der Waals surface area contributed by atoms with Gasteiger partial charge in [0.05, 0.1) is 0 Å². The van der Waals surface area contributed by atoms with Crippen LogP contribution in [0.5, 0.6) is 0 Å². The van der Waals surface area contributed by atoms with Crippen LogP contribution >= 0.6 is 0 Å². The largest absolute Gasteiger partial charge is 0.386 e. The number of aliphatic hydroxyl groups excluding tert-OH is 1. The van der Waals surface area contributed by atoms with Gasteiger partial charge in [0.25, 0.3) is 5.91 Å². The molecule has 5 nitrogen and oxygen atoms in total. The lowest BCUT2D eigenvalue weighted by Crippen LogP contribution is -2.35. The van der Waals surface area contributed by atoms with Crippen molar-refractivity contribution in [3.8, 4) is 0 Å². The van der Waals surface area contributed by atoms with E-state index in [1.807, 2.05) is 6.07 Å². The minimum Gasteiger partial charge on any atom is -0.386 e. The SMILES string of the molecule is O=C1NC(=O)C(C(O)c2ccccc2)N1. The minimum absolute atomic E-state index is 0.503. The molecule has 5 heteroatoms. The van der Waals surface area contributed by atoms with E-state index in [2.05, 4.69) is 10.6 Å². The number of rotatable bonds is 2. The third-order valence-corrected chi connectivity index (χ3v) is 2.26. The minimum atomic E-state index is -1.02. The van der Waals surface area contributed by atoms with Gasteiger partial charge in [0.1, 0.15) is 12.1 Å². The summed E-state index contributed by atoms with van der Waals surface area (Å²) in [5.41, 5.74) is 0.597. The van der Waals surface area contributed by atoms with Crippen molar-refractivity contribution in [2.24, 2.45) is 0 Å². The molecule has 1 aromatic rings. The Kier molecular flexibility index (Phi) is 2.39. The number of hydrogen-bond acceptors (Lipinski definition) is 3. The quantitative estimate of drug-likeness (QED) is 0.592. The zero-order chi connectivity index (χ0) is 10.8. The number of imide groups is 1. The van der Waals surface area contributed by atoms with Crippen molar-refractivity contribution in [1.82, 2.24) is 10.6 Å². The van der Waals surface area contributed by atoms with Crippen LogP contribution in [0.4, 0.5) is 4.79 Å². The van der Waals surface area contributed by atoms with Gasteiger partial charge in [-0.1, -0.05) is 30.3 Å². The monoisotopic (exact) mass is 206 g/mol. The van der Waals surface area contributed by atoms with Gasteiger partial charge in [-0.2, -0.15) is 0 Å². The van der Waals surface area contributed by atoms with Crippen molar-refractivity contribution in [2.45, 2.75) is 12.1 Å². The van der Waals surface area contributed by atoms with Gasteiger partial charge in [0.2, 0.25) is 0 Å². The van der Waals surface area contributed by atoms with Crippen LogP contribution in [0.25, 0.3) is 0 Å². The number of carbonyl (C=O) groups excluding carboxylic acids is 2. The molecule has 15 heavy (non-hydrogen) atoms. The lowest BCUT2D eigenvalue weighted by molar-refractivity contribution is -0.122. The Morgan fingerprint density at radius 2 is 1.87 bits per heavy atom. The van der Waals surface area contributed by atoms with Crippen LogP contribution in [0.1, 0.15) is 11.7 Å². The maximum atomic E-state index is 11.2. The second kappa shape index (κ2) is 3.70. The van der Waals surface area contributed by atoms with Gasteiger partial charge in [-0.3, -0.25) is 10.1 Å². The summed E-state index contributed by atoms with van der Waals surface area (Å²) in [7, 11) is 0. The number of aliphatic hydroxyl groups is 1. The first-order chi connectivity index (χ1) is 7.18. The Labute approximate surface area is 86.1 Å². The molecule has 2 atom stereocenters. The summed E-state index contributed by atoms with van der Waals surface area (Å²) < 4.78 is 0. The lowest BCUT2D eigenvalue weighted by Gasteiger charge is -2.15. The molecule has 1 aromatic carbocycles. The number of urea groups is 1. The van der Waals surface area contributed by atoms with Gasteiger partial charge in [0.15, 0.2) is 0 Å². The Hall–Kier alpha value is -1.88. The molecule has 0 radical (unpaired) electrons. The molecular weight excluding hydrogens is 196 g/mol. The Morgan fingerprint density at radius 1 is 1.20 bits per heavy atom. The smallest absolute Gasteiger partial charge is 0.322 e. The van der Waals surface area contributed by atoms with Gasteiger partial charge >= 0.3 is 6.03 Å². The summed E-state index contributed by atoms with van der Waals surface area (Å²) in [5.74, 6) is -0.503. The van der Waals surface area contributed by atoms with Crippen molar-refractivity contribution in [2.75, 3.05) is 0 Å². The maximum Gasteiger partial charge on any atom is 0.322 e. The average Bonchev–Trinajstić information content (AvgIpc) is 2.58. The highest BCUT2D eigenvalue weighted by molar-refractivity contribution is 6.04. The van der Waals surface area contributed by atoms with Crippen LogP contribution in [0, 0.1) is 0 Å². The van der Waals surface area contributed by atoms with Crippen LogP contribution in [0.2, 0.25) is 0 Å². The Balaban J connectivity index is 2.18. The van der Waals surface area contributed by atoms with E-state index in [0.717, 1.165) is 0 Å². The fraction of sp³-hybridized carbons (Fsp3) is 0.200. The standard InChI is InChI=1S/C10H10N2O3/c13-8(6-4-2-1-3-5-6)7-9(14)12-10(15)11-7/h1-5,7-8,13H,(H2,11,12,14,15). The molecule has 3 amide bonds. The summed E-state index contributed by atoms with van der Waals surface area (Å²) in [4.78, 5) is 22.1. The van der Waals surface area contributed by atoms with Crippen LogP contribution in [-0.4, -0.2) is 23.1 Å². The van der Waals surface area contributed by atoms with E-state index in [-0.39, 0.29) is 0 Å². The highest BCUT2D eigenvalue weighted by Gasteiger charge is 2.35. The van der Waals surface area contributed by atoms with E-state index in [4.69, 9.17) is 0 Å². The molecule has 2 unspecified atom stereocenters. The molecule has 0 saturated carbocycles. The third-order valence-electron chi connectivity index (χ3n) is 2.26. The zero-order valence-electron chi connectivity index (χ0n) is 7.81. The molecule has 3 N–H and O–H groups in total. The highest BCUT2D eigenvalue weighted by Crippen LogP contribution is 2.18.